The van der Waals surface area contributed by atoms with E-state index in [0.29, 0.717) is 11.6 Å². The fourth-order valence-corrected chi connectivity index (χ4v) is 2.46. The van der Waals surface area contributed by atoms with E-state index in [1.165, 1.54) is 12.8 Å². The average molecular weight is 271 g/mol. The van der Waals surface area contributed by atoms with E-state index in [4.69, 9.17) is 0 Å². The highest BCUT2D eigenvalue weighted by Crippen LogP contribution is 2.27. The summed E-state index contributed by atoms with van der Waals surface area (Å²) in [5.41, 5.74) is 1.36. The van der Waals surface area contributed by atoms with Crippen LogP contribution in [0.4, 0.5) is 5.69 Å². The van der Waals surface area contributed by atoms with Gasteiger partial charge in [-0.3, -0.25) is 0 Å². The third-order valence-electron chi connectivity index (χ3n) is 3.55. The van der Waals surface area contributed by atoms with Gasteiger partial charge in [0, 0.05) is 17.1 Å². The van der Waals surface area contributed by atoms with E-state index in [-0.39, 0.29) is 0 Å². The molecule has 2 rings (SSSR count). The summed E-state index contributed by atoms with van der Waals surface area (Å²) in [4.78, 5) is 11.3. The Morgan fingerprint density at radius 1 is 1.20 bits per heavy atom. The molecule has 0 radical (unpaired) electrons. The summed E-state index contributed by atoms with van der Waals surface area (Å²) in [6.07, 6.45) is 3.50. The second kappa shape index (κ2) is 6.42. The van der Waals surface area contributed by atoms with E-state index < -0.39 is 5.97 Å². The number of rotatable bonds is 6. The number of carboxylic acids is 1. The molecule has 0 saturated heterocycles. The quantitative estimate of drug-likeness (QED) is 0.811. The first kappa shape index (κ1) is 14.4. The fourth-order valence-electron chi connectivity index (χ4n) is 2.46. The maximum absolute atomic E-state index is 11.3. The zero-order valence-electron chi connectivity index (χ0n) is 12.0. The number of carboxylic acid groups (broad SMARTS) is 1. The first-order valence-electron chi connectivity index (χ1n) is 7.15. The van der Waals surface area contributed by atoms with Gasteiger partial charge >= 0.3 is 5.97 Å². The van der Waals surface area contributed by atoms with Crippen LogP contribution in [0.5, 0.6) is 0 Å². The molecular weight excluding hydrogens is 250 g/mol. The number of hydrogen-bond donors (Lipinski definition) is 2. The smallest absolute Gasteiger partial charge is 0.336 e. The first-order chi connectivity index (χ1) is 9.63. The SMILES string of the molecule is CCCCC(C)Nc1ccc(C(=O)O)c2ccccc12. The molecule has 0 saturated carbocycles. The number of aromatic carboxylic acids is 1. The van der Waals surface area contributed by atoms with Gasteiger partial charge in [-0.2, -0.15) is 0 Å². The number of carbonyl (C=O) groups is 1. The summed E-state index contributed by atoms with van der Waals surface area (Å²) >= 11 is 0. The van der Waals surface area contributed by atoms with E-state index in [1.54, 1.807) is 6.07 Å². The van der Waals surface area contributed by atoms with Crippen LogP contribution in [0.3, 0.4) is 0 Å². The third kappa shape index (κ3) is 3.10. The van der Waals surface area contributed by atoms with Crippen molar-refractivity contribution >= 4 is 22.4 Å². The summed E-state index contributed by atoms with van der Waals surface area (Å²) in [5, 5.41) is 14.5. The van der Waals surface area contributed by atoms with Gasteiger partial charge in [0.25, 0.3) is 0 Å². The highest BCUT2D eigenvalue weighted by molar-refractivity contribution is 6.07. The molecule has 3 heteroatoms. The maximum Gasteiger partial charge on any atom is 0.336 e. The molecule has 1 atom stereocenters. The lowest BCUT2D eigenvalue weighted by atomic mass is 10.0. The summed E-state index contributed by atoms with van der Waals surface area (Å²) in [5.74, 6) is -0.883. The molecular formula is C17H21NO2. The van der Waals surface area contributed by atoms with Gasteiger partial charge in [-0.25, -0.2) is 4.79 Å². The molecule has 0 aliphatic carbocycles. The van der Waals surface area contributed by atoms with Crippen molar-refractivity contribution in [3.63, 3.8) is 0 Å². The third-order valence-corrected chi connectivity index (χ3v) is 3.55. The van der Waals surface area contributed by atoms with Crippen LogP contribution < -0.4 is 5.32 Å². The van der Waals surface area contributed by atoms with Gasteiger partial charge < -0.3 is 10.4 Å². The topological polar surface area (TPSA) is 49.3 Å². The zero-order valence-corrected chi connectivity index (χ0v) is 12.0. The number of hydrogen-bond acceptors (Lipinski definition) is 2. The zero-order chi connectivity index (χ0) is 14.5. The molecule has 3 nitrogen and oxygen atoms in total. The van der Waals surface area contributed by atoms with Gasteiger partial charge in [0.2, 0.25) is 0 Å². The lowest BCUT2D eigenvalue weighted by molar-refractivity contribution is 0.0699. The number of unbranched alkanes of at least 4 members (excludes halogenated alkanes) is 1. The second-order valence-electron chi connectivity index (χ2n) is 5.20. The maximum atomic E-state index is 11.3. The van der Waals surface area contributed by atoms with Crippen molar-refractivity contribution in [1.29, 1.82) is 0 Å². The van der Waals surface area contributed by atoms with Gasteiger partial charge in [-0.15, -0.1) is 0 Å². The Morgan fingerprint density at radius 3 is 2.55 bits per heavy atom. The number of anilines is 1. The minimum atomic E-state index is -0.883. The number of fused-ring (bicyclic) bond motifs is 1. The Balaban J connectivity index is 2.35. The van der Waals surface area contributed by atoms with Crippen LogP contribution in [0.15, 0.2) is 36.4 Å². The number of benzene rings is 2. The highest BCUT2D eigenvalue weighted by Gasteiger charge is 2.11. The van der Waals surface area contributed by atoms with Crippen LogP contribution in [0.25, 0.3) is 10.8 Å². The lowest BCUT2D eigenvalue weighted by Crippen LogP contribution is -2.15. The Labute approximate surface area is 119 Å². The van der Waals surface area contributed by atoms with Gasteiger partial charge in [0.1, 0.15) is 0 Å². The van der Waals surface area contributed by atoms with E-state index in [1.807, 2.05) is 30.3 Å². The fraction of sp³-hybridized carbons (Fsp3) is 0.353. The minimum absolute atomic E-state index is 0.354. The van der Waals surface area contributed by atoms with Crippen molar-refractivity contribution in [2.75, 3.05) is 5.32 Å². The van der Waals surface area contributed by atoms with Crippen molar-refractivity contribution in [1.82, 2.24) is 0 Å². The van der Waals surface area contributed by atoms with E-state index >= 15 is 0 Å². The van der Waals surface area contributed by atoms with E-state index in [2.05, 4.69) is 19.2 Å². The molecule has 2 N–H and O–H groups in total. The molecule has 0 spiro atoms. The summed E-state index contributed by atoms with van der Waals surface area (Å²) in [6, 6.07) is 11.6. The van der Waals surface area contributed by atoms with Gasteiger partial charge in [0.15, 0.2) is 0 Å². The minimum Gasteiger partial charge on any atom is -0.478 e. The summed E-state index contributed by atoms with van der Waals surface area (Å²) in [7, 11) is 0. The van der Waals surface area contributed by atoms with Crippen molar-refractivity contribution in [3.8, 4) is 0 Å². The molecule has 0 aromatic heterocycles. The van der Waals surface area contributed by atoms with E-state index in [9.17, 15) is 9.90 Å². The van der Waals surface area contributed by atoms with Crippen molar-refractivity contribution in [2.45, 2.75) is 39.2 Å². The van der Waals surface area contributed by atoms with Crippen molar-refractivity contribution < 1.29 is 9.90 Å². The van der Waals surface area contributed by atoms with Crippen molar-refractivity contribution in [3.05, 3.63) is 42.0 Å². The van der Waals surface area contributed by atoms with Crippen LogP contribution in [0, 0.1) is 0 Å². The molecule has 0 heterocycles. The van der Waals surface area contributed by atoms with E-state index in [0.717, 1.165) is 22.9 Å². The Hall–Kier alpha value is -2.03. The summed E-state index contributed by atoms with van der Waals surface area (Å²) < 4.78 is 0. The first-order valence-corrected chi connectivity index (χ1v) is 7.15. The predicted octanol–water partition coefficient (Wildman–Crippen LogP) is 4.53. The summed E-state index contributed by atoms with van der Waals surface area (Å²) in [6.45, 7) is 4.35. The molecule has 0 fully saturated rings. The van der Waals surface area contributed by atoms with Gasteiger partial charge in [-0.1, -0.05) is 44.0 Å². The Bertz CT molecular complexity index is 607. The number of nitrogens with one attached hydrogen (secondary N) is 1. The Kier molecular flexibility index (Phi) is 4.61. The normalized spacial score (nSPS) is 12.3. The lowest BCUT2D eigenvalue weighted by Gasteiger charge is -2.17. The van der Waals surface area contributed by atoms with Gasteiger partial charge in [-0.05, 0) is 30.9 Å². The standard InChI is InChI=1S/C17H21NO2/c1-3-4-7-12(2)18-16-11-10-15(17(19)20)13-8-5-6-9-14(13)16/h5-6,8-12,18H,3-4,7H2,1-2H3,(H,19,20). The molecule has 20 heavy (non-hydrogen) atoms. The molecule has 0 aliphatic rings. The van der Waals surface area contributed by atoms with Crippen LogP contribution >= 0.6 is 0 Å². The van der Waals surface area contributed by atoms with Crippen LogP contribution in [-0.2, 0) is 0 Å². The molecule has 106 valence electrons. The van der Waals surface area contributed by atoms with Gasteiger partial charge in [0.05, 0.1) is 5.56 Å². The average Bonchev–Trinajstić information content (AvgIpc) is 2.45. The molecule has 1 unspecified atom stereocenters. The molecule has 0 bridgehead atoms. The molecule has 2 aromatic carbocycles. The van der Waals surface area contributed by atoms with Crippen LogP contribution in [0.2, 0.25) is 0 Å². The van der Waals surface area contributed by atoms with Crippen molar-refractivity contribution in [2.24, 2.45) is 0 Å². The van der Waals surface area contributed by atoms with Crippen LogP contribution in [0.1, 0.15) is 43.5 Å². The molecule has 2 aromatic rings. The van der Waals surface area contributed by atoms with Crippen LogP contribution in [-0.4, -0.2) is 17.1 Å². The molecule has 0 amide bonds. The highest BCUT2D eigenvalue weighted by atomic mass is 16.4. The predicted molar refractivity (Wildman–Crippen MR) is 83.5 cm³/mol. The monoisotopic (exact) mass is 271 g/mol. The largest absolute Gasteiger partial charge is 0.478 e. The molecule has 0 aliphatic heterocycles. The Morgan fingerprint density at radius 2 is 1.90 bits per heavy atom. The second-order valence-corrected chi connectivity index (χ2v) is 5.20.